The summed E-state index contributed by atoms with van der Waals surface area (Å²) in [6, 6.07) is 11.6. The van der Waals surface area contributed by atoms with Crippen molar-refractivity contribution in [2.45, 2.75) is 19.4 Å². The average Bonchev–Trinajstić information content (AvgIpc) is 2.46. The van der Waals surface area contributed by atoms with Crippen LogP contribution in [0.2, 0.25) is 0 Å². The molecule has 1 aliphatic heterocycles. The minimum absolute atomic E-state index is 0.234. The lowest BCUT2D eigenvalue weighted by Crippen LogP contribution is -2.24. The summed E-state index contributed by atoms with van der Waals surface area (Å²) in [5.74, 6) is -0.234. The molecule has 110 valence electrons. The number of rotatable bonds is 3. The van der Waals surface area contributed by atoms with Gasteiger partial charge in [0, 0.05) is 30.3 Å². The Balaban J connectivity index is 1.73. The van der Waals surface area contributed by atoms with E-state index in [9.17, 15) is 4.39 Å². The van der Waals surface area contributed by atoms with Crippen molar-refractivity contribution in [1.29, 1.82) is 0 Å². The maximum Gasteiger partial charge on any atom is 0.147 e. The molecule has 1 aliphatic rings. The molecule has 0 spiro atoms. The van der Waals surface area contributed by atoms with Gasteiger partial charge in [-0.3, -0.25) is 0 Å². The zero-order chi connectivity index (χ0) is 14.8. The van der Waals surface area contributed by atoms with Gasteiger partial charge in [-0.15, -0.1) is 0 Å². The monoisotopic (exact) mass is 348 g/mol. The van der Waals surface area contributed by atoms with Gasteiger partial charge < -0.3 is 10.2 Å². The van der Waals surface area contributed by atoms with Crippen LogP contribution in [-0.4, -0.2) is 13.6 Å². The fourth-order valence-electron chi connectivity index (χ4n) is 2.78. The first-order valence-electron chi connectivity index (χ1n) is 7.15. The Morgan fingerprint density at radius 1 is 1.24 bits per heavy atom. The van der Waals surface area contributed by atoms with Crippen molar-refractivity contribution >= 4 is 27.3 Å². The first-order chi connectivity index (χ1) is 10.1. The van der Waals surface area contributed by atoms with E-state index < -0.39 is 0 Å². The van der Waals surface area contributed by atoms with Crippen LogP contribution in [-0.2, 0) is 13.0 Å². The molecule has 0 radical (unpaired) electrons. The quantitative estimate of drug-likeness (QED) is 0.872. The van der Waals surface area contributed by atoms with E-state index in [1.807, 2.05) is 6.07 Å². The molecule has 3 rings (SSSR count). The molecule has 21 heavy (non-hydrogen) atoms. The van der Waals surface area contributed by atoms with E-state index in [1.165, 1.54) is 29.3 Å². The Labute approximate surface area is 133 Å². The van der Waals surface area contributed by atoms with Crippen molar-refractivity contribution in [3.8, 4) is 0 Å². The summed E-state index contributed by atoms with van der Waals surface area (Å²) >= 11 is 3.27. The number of fused-ring (bicyclic) bond motifs is 1. The molecule has 0 saturated heterocycles. The van der Waals surface area contributed by atoms with E-state index in [0.29, 0.717) is 12.2 Å². The Kier molecular flexibility index (Phi) is 4.15. The second-order valence-corrected chi connectivity index (χ2v) is 6.38. The molecular weight excluding hydrogens is 331 g/mol. The number of nitrogens with zero attached hydrogens (tertiary/aromatic N) is 1. The minimum Gasteiger partial charge on any atom is -0.379 e. The summed E-state index contributed by atoms with van der Waals surface area (Å²) in [4.78, 5) is 2.30. The minimum atomic E-state index is -0.234. The van der Waals surface area contributed by atoms with Gasteiger partial charge >= 0.3 is 0 Å². The first-order valence-corrected chi connectivity index (χ1v) is 7.94. The molecule has 0 unspecified atom stereocenters. The third-order valence-corrected chi connectivity index (χ3v) is 4.40. The zero-order valence-corrected chi connectivity index (χ0v) is 13.6. The summed E-state index contributed by atoms with van der Waals surface area (Å²) in [6.45, 7) is 1.75. The highest BCUT2D eigenvalue weighted by molar-refractivity contribution is 9.10. The maximum atomic E-state index is 13.8. The number of anilines is 2. The molecule has 0 fully saturated rings. The Hall–Kier alpha value is -1.55. The van der Waals surface area contributed by atoms with Gasteiger partial charge in [0.2, 0.25) is 0 Å². The molecule has 2 aromatic carbocycles. The second kappa shape index (κ2) is 6.06. The van der Waals surface area contributed by atoms with Crippen LogP contribution in [0.3, 0.4) is 0 Å². The lowest BCUT2D eigenvalue weighted by atomic mass is 9.99. The Bertz CT molecular complexity index is 657. The SMILES string of the molecule is CN1CCCc2cc(CNc3ccc(Br)cc3F)ccc21. The van der Waals surface area contributed by atoms with E-state index in [1.54, 1.807) is 6.07 Å². The molecule has 0 aromatic heterocycles. The lowest BCUT2D eigenvalue weighted by Gasteiger charge is -2.27. The molecule has 2 aromatic rings. The van der Waals surface area contributed by atoms with Gasteiger partial charge in [-0.2, -0.15) is 0 Å². The van der Waals surface area contributed by atoms with Gasteiger partial charge in [0.05, 0.1) is 5.69 Å². The third-order valence-electron chi connectivity index (χ3n) is 3.91. The summed E-state index contributed by atoms with van der Waals surface area (Å²) in [7, 11) is 2.13. The summed E-state index contributed by atoms with van der Waals surface area (Å²) in [6.07, 6.45) is 2.32. The third kappa shape index (κ3) is 3.21. The van der Waals surface area contributed by atoms with E-state index in [2.05, 4.69) is 51.4 Å². The first kappa shape index (κ1) is 14.4. The standard InChI is InChI=1S/C17H18BrFN2/c1-21-8-2-3-13-9-12(4-7-17(13)21)11-20-16-6-5-14(18)10-15(16)19/h4-7,9-10,20H,2-3,8,11H2,1H3. The van der Waals surface area contributed by atoms with Crippen molar-refractivity contribution in [3.63, 3.8) is 0 Å². The van der Waals surface area contributed by atoms with Gasteiger partial charge in [0.25, 0.3) is 0 Å². The summed E-state index contributed by atoms with van der Waals surface area (Å²) < 4.78 is 14.5. The molecule has 1 N–H and O–H groups in total. The van der Waals surface area contributed by atoms with Gasteiger partial charge in [0.1, 0.15) is 5.82 Å². The Morgan fingerprint density at radius 3 is 2.90 bits per heavy atom. The fourth-order valence-corrected chi connectivity index (χ4v) is 3.11. The number of hydrogen-bond acceptors (Lipinski definition) is 2. The highest BCUT2D eigenvalue weighted by atomic mass is 79.9. The predicted molar refractivity (Wildman–Crippen MR) is 89.5 cm³/mol. The van der Waals surface area contributed by atoms with Gasteiger partial charge in [0.15, 0.2) is 0 Å². The topological polar surface area (TPSA) is 15.3 Å². The fraction of sp³-hybridized carbons (Fsp3) is 0.294. The van der Waals surface area contributed by atoms with Crippen molar-refractivity contribution in [3.05, 3.63) is 57.8 Å². The Morgan fingerprint density at radius 2 is 2.10 bits per heavy atom. The van der Waals surface area contributed by atoms with Crippen LogP contribution >= 0.6 is 15.9 Å². The largest absolute Gasteiger partial charge is 0.379 e. The van der Waals surface area contributed by atoms with Crippen LogP contribution in [0.25, 0.3) is 0 Å². The van der Waals surface area contributed by atoms with E-state index in [-0.39, 0.29) is 5.82 Å². The number of hydrogen-bond donors (Lipinski definition) is 1. The molecule has 0 bridgehead atoms. The number of nitrogens with one attached hydrogen (secondary N) is 1. The van der Waals surface area contributed by atoms with Crippen LogP contribution in [0.5, 0.6) is 0 Å². The maximum absolute atomic E-state index is 13.8. The summed E-state index contributed by atoms with van der Waals surface area (Å²) in [5, 5.41) is 3.17. The molecule has 0 aliphatic carbocycles. The molecule has 0 atom stereocenters. The lowest BCUT2D eigenvalue weighted by molar-refractivity contribution is 0.629. The van der Waals surface area contributed by atoms with Crippen LogP contribution in [0.15, 0.2) is 40.9 Å². The highest BCUT2D eigenvalue weighted by Crippen LogP contribution is 2.27. The van der Waals surface area contributed by atoms with E-state index in [4.69, 9.17) is 0 Å². The molecule has 0 saturated carbocycles. The van der Waals surface area contributed by atoms with Crippen molar-refractivity contribution in [2.24, 2.45) is 0 Å². The average molecular weight is 349 g/mol. The van der Waals surface area contributed by atoms with Gasteiger partial charge in [-0.25, -0.2) is 4.39 Å². The number of aryl methyl sites for hydroxylation is 1. The smallest absolute Gasteiger partial charge is 0.147 e. The van der Waals surface area contributed by atoms with Crippen molar-refractivity contribution < 1.29 is 4.39 Å². The van der Waals surface area contributed by atoms with Crippen molar-refractivity contribution in [1.82, 2.24) is 0 Å². The summed E-state index contributed by atoms with van der Waals surface area (Å²) in [5.41, 5.74) is 4.43. The molecule has 4 heteroatoms. The van der Waals surface area contributed by atoms with Crippen molar-refractivity contribution in [2.75, 3.05) is 23.8 Å². The highest BCUT2D eigenvalue weighted by Gasteiger charge is 2.13. The predicted octanol–water partition coefficient (Wildman–Crippen LogP) is 4.58. The van der Waals surface area contributed by atoms with E-state index in [0.717, 1.165) is 17.4 Å². The normalized spacial score (nSPS) is 14.0. The molecule has 0 amide bonds. The molecule has 1 heterocycles. The van der Waals surface area contributed by atoms with Crippen LogP contribution in [0.1, 0.15) is 17.5 Å². The zero-order valence-electron chi connectivity index (χ0n) is 12.0. The van der Waals surface area contributed by atoms with Gasteiger partial charge in [-0.1, -0.05) is 28.1 Å². The van der Waals surface area contributed by atoms with E-state index >= 15 is 0 Å². The number of halogens is 2. The second-order valence-electron chi connectivity index (χ2n) is 5.47. The molecule has 2 nitrogen and oxygen atoms in total. The van der Waals surface area contributed by atoms with Crippen LogP contribution in [0, 0.1) is 5.82 Å². The van der Waals surface area contributed by atoms with Gasteiger partial charge in [-0.05, 0) is 48.2 Å². The molecular formula is C17H18BrFN2. The van der Waals surface area contributed by atoms with Crippen LogP contribution in [0.4, 0.5) is 15.8 Å². The van der Waals surface area contributed by atoms with Crippen LogP contribution < -0.4 is 10.2 Å². The number of benzene rings is 2.